The maximum Gasteiger partial charge on any atom is 0.244 e. The zero-order valence-corrected chi connectivity index (χ0v) is 14.1. The van der Waals surface area contributed by atoms with Gasteiger partial charge in [-0.05, 0) is 43.5 Å². The first-order valence-electron chi connectivity index (χ1n) is 8.34. The van der Waals surface area contributed by atoms with E-state index in [2.05, 4.69) is 0 Å². The van der Waals surface area contributed by atoms with Crippen molar-refractivity contribution in [3.63, 3.8) is 0 Å². The molecule has 0 saturated carbocycles. The minimum absolute atomic E-state index is 0.0454. The maximum atomic E-state index is 13.1. The van der Waals surface area contributed by atoms with E-state index in [0.717, 1.165) is 23.1 Å². The van der Waals surface area contributed by atoms with Crippen molar-refractivity contribution < 1.29 is 9.18 Å². The van der Waals surface area contributed by atoms with Crippen LogP contribution in [0.15, 0.2) is 48.5 Å². The average molecular weight is 326 g/mol. The van der Waals surface area contributed by atoms with Gasteiger partial charge in [-0.3, -0.25) is 4.79 Å². The molecule has 1 aliphatic rings. The zero-order valence-electron chi connectivity index (χ0n) is 14.1. The molecule has 3 unspecified atom stereocenters. The SMILES string of the molecule is Cc1ccc(C(N)C(=O)N2CC(c3ccc(F)cc3)CC2C)cc1. The molecule has 0 bridgehead atoms. The first kappa shape index (κ1) is 16.7. The molecule has 0 aliphatic carbocycles. The summed E-state index contributed by atoms with van der Waals surface area (Å²) in [6, 6.07) is 13.8. The monoisotopic (exact) mass is 326 g/mol. The number of hydrogen-bond acceptors (Lipinski definition) is 2. The summed E-state index contributed by atoms with van der Waals surface area (Å²) in [7, 11) is 0. The van der Waals surface area contributed by atoms with E-state index < -0.39 is 6.04 Å². The van der Waals surface area contributed by atoms with Gasteiger partial charge in [-0.1, -0.05) is 42.0 Å². The quantitative estimate of drug-likeness (QED) is 0.938. The lowest BCUT2D eigenvalue weighted by Crippen LogP contribution is -2.40. The number of rotatable bonds is 3. The second-order valence-electron chi connectivity index (χ2n) is 6.71. The van der Waals surface area contributed by atoms with Crippen LogP contribution >= 0.6 is 0 Å². The molecule has 126 valence electrons. The number of hydrogen-bond donors (Lipinski definition) is 1. The van der Waals surface area contributed by atoms with Crippen molar-refractivity contribution >= 4 is 5.91 Å². The number of halogens is 1. The van der Waals surface area contributed by atoms with Crippen molar-refractivity contribution in [2.24, 2.45) is 5.73 Å². The highest BCUT2D eigenvalue weighted by Gasteiger charge is 2.35. The smallest absolute Gasteiger partial charge is 0.244 e. The lowest BCUT2D eigenvalue weighted by atomic mass is 9.97. The van der Waals surface area contributed by atoms with Crippen LogP contribution < -0.4 is 5.73 Å². The summed E-state index contributed by atoms with van der Waals surface area (Å²) in [4.78, 5) is 14.7. The van der Waals surface area contributed by atoms with E-state index in [-0.39, 0.29) is 23.7 Å². The van der Waals surface area contributed by atoms with E-state index in [9.17, 15) is 9.18 Å². The molecule has 2 aromatic carbocycles. The molecule has 1 aliphatic heterocycles. The molecule has 1 heterocycles. The molecule has 24 heavy (non-hydrogen) atoms. The van der Waals surface area contributed by atoms with E-state index >= 15 is 0 Å². The molecule has 0 aromatic heterocycles. The fourth-order valence-corrected chi connectivity index (χ4v) is 3.41. The third kappa shape index (κ3) is 3.34. The van der Waals surface area contributed by atoms with Crippen molar-refractivity contribution in [1.29, 1.82) is 0 Å². The summed E-state index contributed by atoms with van der Waals surface area (Å²) in [5.74, 6) is -0.0511. The Kier molecular flexibility index (Phi) is 4.67. The predicted molar refractivity (Wildman–Crippen MR) is 93.0 cm³/mol. The van der Waals surface area contributed by atoms with Gasteiger partial charge in [0.25, 0.3) is 0 Å². The van der Waals surface area contributed by atoms with Gasteiger partial charge in [-0.15, -0.1) is 0 Å². The largest absolute Gasteiger partial charge is 0.338 e. The van der Waals surface area contributed by atoms with Gasteiger partial charge in [0.15, 0.2) is 0 Å². The Morgan fingerprint density at radius 2 is 1.79 bits per heavy atom. The number of amides is 1. The predicted octanol–water partition coefficient (Wildman–Crippen LogP) is 3.54. The lowest BCUT2D eigenvalue weighted by molar-refractivity contribution is -0.133. The van der Waals surface area contributed by atoms with Gasteiger partial charge in [-0.2, -0.15) is 0 Å². The Morgan fingerprint density at radius 3 is 2.42 bits per heavy atom. The summed E-state index contributed by atoms with van der Waals surface area (Å²) in [6.07, 6.45) is 0.873. The second kappa shape index (κ2) is 6.73. The van der Waals surface area contributed by atoms with Crippen LogP contribution in [0, 0.1) is 12.7 Å². The van der Waals surface area contributed by atoms with E-state index in [1.807, 2.05) is 43.0 Å². The van der Waals surface area contributed by atoms with Crippen LogP contribution in [-0.2, 0) is 4.79 Å². The normalized spacial score (nSPS) is 21.8. The third-order valence-electron chi connectivity index (χ3n) is 4.90. The molecule has 0 radical (unpaired) electrons. The minimum atomic E-state index is -0.639. The molecule has 1 amide bonds. The van der Waals surface area contributed by atoms with Crippen molar-refractivity contribution in [3.05, 3.63) is 71.0 Å². The summed E-state index contributed by atoms with van der Waals surface area (Å²) in [6.45, 7) is 4.68. The maximum absolute atomic E-state index is 13.1. The van der Waals surface area contributed by atoms with E-state index in [1.54, 1.807) is 12.1 Å². The Hall–Kier alpha value is -2.20. The molecular formula is C20H23FN2O. The van der Waals surface area contributed by atoms with Gasteiger partial charge in [0.1, 0.15) is 11.9 Å². The molecule has 2 aromatic rings. The number of nitrogens with zero attached hydrogens (tertiary/aromatic N) is 1. The van der Waals surface area contributed by atoms with Crippen LogP contribution in [0.3, 0.4) is 0 Å². The summed E-state index contributed by atoms with van der Waals surface area (Å²) in [5.41, 5.74) is 9.24. The fourth-order valence-electron chi connectivity index (χ4n) is 3.41. The van der Waals surface area contributed by atoms with E-state index in [0.29, 0.717) is 6.54 Å². The Balaban J connectivity index is 1.73. The highest BCUT2D eigenvalue weighted by molar-refractivity contribution is 5.83. The number of likely N-dealkylation sites (tertiary alicyclic amines) is 1. The summed E-state index contributed by atoms with van der Waals surface area (Å²) in [5, 5.41) is 0. The summed E-state index contributed by atoms with van der Waals surface area (Å²) >= 11 is 0. The first-order valence-corrected chi connectivity index (χ1v) is 8.34. The fraction of sp³-hybridized carbons (Fsp3) is 0.350. The van der Waals surface area contributed by atoms with E-state index in [4.69, 9.17) is 5.73 Å². The number of benzene rings is 2. The highest BCUT2D eigenvalue weighted by Crippen LogP contribution is 2.33. The van der Waals surface area contributed by atoms with Crippen LogP contribution in [0.5, 0.6) is 0 Å². The molecule has 1 saturated heterocycles. The number of aryl methyl sites for hydroxylation is 1. The molecule has 3 nitrogen and oxygen atoms in total. The van der Waals surface area contributed by atoms with Crippen molar-refractivity contribution in [2.45, 2.75) is 38.3 Å². The van der Waals surface area contributed by atoms with Crippen molar-refractivity contribution in [2.75, 3.05) is 6.54 Å². The van der Waals surface area contributed by atoms with Crippen LogP contribution in [0.2, 0.25) is 0 Å². The molecule has 2 N–H and O–H groups in total. The first-order chi connectivity index (χ1) is 11.5. The number of carbonyl (C=O) groups excluding carboxylic acids is 1. The Morgan fingerprint density at radius 1 is 1.17 bits per heavy atom. The Bertz CT molecular complexity index is 711. The van der Waals surface area contributed by atoms with Gasteiger partial charge in [0, 0.05) is 18.5 Å². The number of nitrogens with two attached hydrogens (primary N) is 1. The second-order valence-corrected chi connectivity index (χ2v) is 6.71. The average Bonchev–Trinajstić information content (AvgIpc) is 2.96. The molecule has 4 heteroatoms. The summed E-state index contributed by atoms with van der Waals surface area (Å²) < 4.78 is 13.1. The van der Waals surface area contributed by atoms with Crippen LogP contribution in [0.1, 0.15) is 42.0 Å². The molecule has 0 spiro atoms. The van der Waals surface area contributed by atoms with Crippen LogP contribution in [0.4, 0.5) is 4.39 Å². The van der Waals surface area contributed by atoms with Gasteiger partial charge in [0.2, 0.25) is 5.91 Å². The lowest BCUT2D eigenvalue weighted by Gasteiger charge is -2.25. The highest BCUT2D eigenvalue weighted by atomic mass is 19.1. The molecule has 1 fully saturated rings. The zero-order chi connectivity index (χ0) is 17.3. The van der Waals surface area contributed by atoms with Gasteiger partial charge in [-0.25, -0.2) is 4.39 Å². The minimum Gasteiger partial charge on any atom is -0.338 e. The standard InChI is InChI=1S/C20H23FN2O/c1-13-3-5-16(6-4-13)19(22)20(24)23-12-17(11-14(23)2)15-7-9-18(21)10-8-15/h3-10,14,17,19H,11-12,22H2,1-2H3. The molecule has 3 rings (SSSR count). The van der Waals surface area contributed by atoms with Crippen LogP contribution in [0.25, 0.3) is 0 Å². The van der Waals surface area contributed by atoms with Crippen molar-refractivity contribution in [3.8, 4) is 0 Å². The van der Waals surface area contributed by atoms with Gasteiger partial charge < -0.3 is 10.6 Å². The van der Waals surface area contributed by atoms with Gasteiger partial charge in [0.05, 0.1) is 0 Å². The molecular weight excluding hydrogens is 303 g/mol. The Labute approximate surface area is 142 Å². The van der Waals surface area contributed by atoms with Crippen molar-refractivity contribution in [1.82, 2.24) is 4.90 Å². The third-order valence-corrected chi connectivity index (χ3v) is 4.90. The number of carbonyl (C=O) groups is 1. The molecule has 3 atom stereocenters. The van der Waals surface area contributed by atoms with E-state index in [1.165, 1.54) is 12.1 Å². The van der Waals surface area contributed by atoms with Crippen LogP contribution in [-0.4, -0.2) is 23.4 Å². The van der Waals surface area contributed by atoms with Gasteiger partial charge >= 0.3 is 0 Å². The topological polar surface area (TPSA) is 46.3 Å².